The van der Waals surface area contributed by atoms with Gasteiger partial charge in [-0.1, -0.05) is 115 Å². The van der Waals surface area contributed by atoms with Crippen LogP contribution in [0.15, 0.2) is 115 Å². The lowest BCUT2D eigenvalue weighted by Gasteiger charge is -2.34. The monoisotopic (exact) mass is 435 g/mol. The lowest BCUT2D eigenvalue weighted by molar-refractivity contribution is 0.768. The van der Waals surface area contributed by atoms with E-state index in [0.717, 1.165) is 0 Å². The number of fused-ring (bicyclic) bond motifs is 6. The number of aromatic nitrogens is 1. The van der Waals surface area contributed by atoms with E-state index in [-0.39, 0.29) is 5.41 Å². The third-order valence-corrected chi connectivity index (χ3v) is 7.77. The Kier molecular flexibility index (Phi) is 3.96. The number of para-hydroxylation sites is 2. The van der Waals surface area contributed by atoms with Gasteiger partial charge in [-0.25, -0.2) is 0 Å². The predicted molar refractivity (Wildman–Crippen MR) is 142 cm³/mol. The Balaban J connectivity index is 1.73. The summed E-state index contributed by atoms with van der Waals surface area (Å²) in [4.78, 5) is 0. The maximum atomic E-state index is 2.39. The zero-order valence-corrected chi connectivity index (χ0v) is 19.4. The highest BCUT2D eigenvalue weighted by atomic mass is 14.9. The molecule has 0 bridgehead atoms. The number of hydrogen-bond donors (Lipinski definition) is 0. The lowest BCUT2D eigenvalue weighted by Crippen LogP contribution is -2.29. The van der Waals surface area contributed by atoms with Crippen molar-refractivity contribution >= 4 is 21.8 Å². The predicted octanol–water partition coefficient (Wildman–Crippen LogP) is 8.00. The maximum absolute atomic E-state index is 2.39. The number of aryl methyl sites for hydroxylation is 2. The van der Waals surface area contributed by atoms with Gasteiger partial charge >= 0.3 is 0 Å². The molecule has 0 atom stereocenters. The van der Waals surface area contributed by atoms with Crippen LogP contribution in [0.2, 0.25) is 0 Å². The molecule has 1 aliphatic carbocycles. The topological polar surface area (TPSA) is 4.93 Å². The molecule has 1 nitrogen and oxygen atoms in total. The largest absolute Gasteiger partial charge is 0.343 e. The van der Waals surface area contributed by atoms with Crippen LogP contribution in [-0.2, 0) is 12.5 Å². The summed E-state index contributed by atoms with van der Waals surface area (Å²) in [5.41, 5.74) is 11.5. The first-order chi connectivity index (χ1) is 16.7. The average Bonchev–Trinajstić information content (AvgIpc) is 3.35. The molecular weight excluding hydrogens is 410 g/mol. The van der Waals surface area contributed by atoms with Gasteiger partial charge in [0, 0.05) is 23.3 Å². The van der Waals surface area contributed by atoms with Crippen LogP contribution in [-0.4, -0.2) is 4.57 Å². The van der Waals surface area contributed by atoms with Gasteiger partial charge in [0.25, 0.3) is 0 Å². The molecule has 0 amide bonds. The second-order valence-corrected chi connectivity index (χ2v) is 9.49. The molecule has 0 unspecified atom stereocenters. The number of nitrogens with zero attached hydrogens (tertiary/aromatic N) is 1. The first kappa shape index (κ1) is 19.4. The Labute approximate surface area is 199 Å². The molecule has 6 aromatic rings. The molecule has 5 aromatic carbocycles. The van der Waals surface area contributed by atoms with E-state index in [1.807, 2.05) is 0 Å². The summed E-state index contributed by atoms with van der Waals surface area (Å²) in [5, 5.41) is 2.62. The Morgan fingerprint density at radius 3 is 1.79 bits per heavy atom. The minimum Gasteiger partial charge on any atom is -0.343 e. The minimum absolute atomic E-state index is 0.386. The number of hydrogen-bond acceptors (Lipinski definition) is 0. The van der Waals surface area contributed by atoms with Gasteiger partial charge in [0.2, 0.25) is 0 Å². The summed E-state index contributed by atoms with van der Waals surface area (Å²) in [6.07, 6.45) is 0. The Morgan fingerprint density at radius 2 is 1.09 bits per heavy atom. The molecule has 1 heterocycles. The maximum Gasteiger partial charge on any atom is 0.0734 e. The molecule has 7 rings (SSSR count). The quantitative estimate of drug-likeness (QED) is 0.259. The molecule has 162 valence electrons. The molecular formula is C33H25N. The van der Waals surface area contributed by atoms with Crippen molar-refractivity contribution in [1.29, 1.82) is 0 Å². The lowest BCUT2D eigenvalue weighted by atomic mass is 9.67. The highest BCUT2D eigenvalue weighted by molar-refractivity contribution is 6.10. The molecule has 1 aliphatic rings. The van der Waals surface area contributed by atoms with E-state index < -0.39 is 0 Å². The summed E-state index contributed by atoms with van der Waals surface area (Å²) in [6.45, 7) is 2.16. The van der Waals surface area contributed by atoms with Crippen LogP contribution in [0.4, 0.5) is 0 Å². The molecule has 0 fully saturated rings. The van der Waals surface area contributed by atoms with Gasteiger partial charge in [-0.15, -0.1) is 0 Å². The van der Waals surface area contributed by atoms with Gasteiger partial charge in [-0.2, -0.15) is 0 Å². The minimum atomic E-state index is -0.386. The molecule has 0 saturated carbocycles. The zero-order chi connectivity index (χ0) is 22.9. The highest BCUT2D eigenvalue weighted by Crippen LogP contribution is 2.57. The average molecular weight is 436 g/mol. The molecule has 34 heavy (non-hydrogen) atoms. The van der Waals surface area contributed by atoms with Gasteiger partial charge in [-0.05, 0) is 46.4 Å². The molecule has 0 aliphatic heterocycles. The fourth-order valence-corrected chi connectivity index (χ4v) is 6.33. The van der Waals surface area contributed by atoms with Gasteiger partial charge in [0.1, 0.15) is 0 Å². The van der Waals surface area contributed by atoms with E-state index >= 15 is 0 Å². The molecule has 0 saturated heterocycles. The van der Waals surface area contributed by atoms with Crippen molar-refractivity contribution in [2.75, 3.05) is 0 Å². The van der Waals surface area contributed by atoms with Crippen LogP contribution in [0.5, 0.6) is 0 Å². The Bertz CT molecular complexity index is 1670. The molecule has 0 N–H and O–H groups in total. The van der Waals surface area contributed by atoms with Crippen molar-refractivity contribution in [1.82, 2.24) is 4.57 Å². The van der Waals surface area contributed by atoms with Crippen LogP contribution >= 0.6 is 0 Å². The highest BCUT2D eigenvalue weighted by Gasteiger charge is 2.47. The molecule has 1 heteroatoms. The Morgan fingerprint density at radius 1 is 0.529 bits per heavy atom. The van der Waals surface area contributed by atoms with Crippen LogP contribution < -0.4 is 0 Å². The number of benzene rings is 5. The summed E-state index contributed by atoms with van der Waals surface area (Å²) in [7, 11) is 2.21. The summed E-state index contributed by atoms with van der Waals surface area (Å²) in [6, 6.07) is 42.7. The third-order valence-electron chi connectivity index (χ3n) is 7.77. The number of rotatable bonds is 2. The Hall–Kier alpha value is -4.10. The fourth-order valence-electron chi connectivity index (χ4n) is 6.33. The molecule has 0 spiro atoms. The smallest absolute Gasteiger partial charge is 0.0734 e. The van der Waals surface area contributed by atoms with Crippen molar-refractivity contribution in [3.63, 3.8) is 0 Å². The van der Waals surface area contributed by atoms with Gasteiger partial charge in [0.15, 0.2) is 0 Å². The molecule has 0 radical (unpaired) electrons. The van der Waals surface area contributed by atoms with Gasteiger partial charge in [-0.3, -0.25) is 0 Å². The van der Waals surface area contributed by atoms with E-state index in [1.54, 1.807) is 0 Å². The van der Waals surface area contributed by atoms with Crippen LogP contribution in [0.25, 0.3) is 32.9 Å². The van der Waals surface area contributed by atoms with Crippen molar-refractivity contribution < 1.29 is 0 Å². The third kappa shape index (κ3) is 2.34. The SMILES string of the molecule is Cc1ccc(C2(c3cccc4c5ccccc5n(C)c34)c3ccccc3-c3ccccc32)cc1. The van der Waals surface area contributed by atoms with E-state index in [2.05, 4.69) is 134 Å². The normalized spacial score (nSPS) is 13.8. The van der Waals surface area contributed by atoms with E-state index in [0.29, 0.717) is 0 Å². The first-order valence-corrected chi connectivity index (χ1v) is 11.9. The van der Waals surface area contributed by atoms with Gasteiger partial charge < -0.3 is 4.57 Å². The van der Waals surface area contributed by atoms with Crippen LogP contribution in [0.3, 0.4) is 0 Å². The zero-order valence-electron chi connectivity index (χ0n) is 19.4. The summed E-state index contributed by atoms with van der Waals surface area (Å²) < 4.78 is 2.39. The van der Waals surface area contributed by atoms with Crippen LogP contribution in [0.1, 0.15) is 27.8 Å². The second-order valence-electron chi connectivity index (χ2n) is 9.49. The first-order valence-electron chi connectivity index (χ1n) is 11.9. The van der Waals surface area contributed by atoms with Crippen LogP contribution in [0, 0.1) is 6.92 Å². The fraction of sp³-hybridized carbons (Fsp3) is 0.0909. The van der Waals surface area contributed by atoms with E-state index in [4.69, 9.17) is 0 Å². The summed E-state index contributed by atoms with van der Waals surface area (Å²) in [5.74, 6) is 0. The van der Waals surface area contributed by atoms with Crippen molar-refractivity contribution in [3.8, 4) is 11.1 Å². The summed E-state index contributed by atoms with van der Waals surface area (Å²) >= 11 is 0. The second kappa shape index (κ2) is 6.95. The standard InChI is InChI=1S/C33H25N/c1-22-18-20-23(21-19-22)33(28-14-6-3-10-24(28)25-11-4-7-15-29(25)33)30-16-9-13-27-26-12-5-8-17-31(26)34(2)32(27)30/h3-21H,1-2H3. The van der Waals surface area contributed by atoms with Crippen molar-refractivity contribution in [3.05, 3.63) is 143 Å². The molecule has 1 aromatic heterocycles. The van der Waals surface area contributed by atoms with Crippen molar-refractivity contribution in [2.24, 2.45) is 7.05 Å². The van der Waals surface area contributed by atoms with Gasteiger partial charge in [0.05, 0.1) is 10.9 Å². The van der Waals surface area contributed by atoms with Crippen molar-refractivity contribution in [2.45, 2.75) is 12.3 Å². The van der Waals surface area contributed by atoms with E-state index in [1.165, 1.54) is 60.8 Å². The van der Waals surface area contributed by atoms with E-state index in [9.17, 15) is 0 Å².